The minimum atomic E-state index is 0.350. The van der Waals surface area contributed by atoms with Crippen LogP contribution in [0.1, 0.15) is 17.6 Å². The predicted molar refractivity (Wildman–Crippen MR) is 77.4 cm³/mol. The maximum absolute atomic E-state index is 4.39. The number of aromatic nitrogens is 2. The number of anilines is 2. The summed E-state index contributed by atoms with van der Waals surface area (Å²) in [5.74, 6) is 2.48. The minimum Gasteiger partial charge on any atom is -0.373 e. The molecule has 2 aromatic heterocycles. The standard InChI is InChI=1S/C13H18N4S/c1-9(7-11-5-4-6-18-11)15-13-8-12(14-3)16-10(2)17-13/h4-6,8-9H,7H2,1-3H3,(H2,14,15,16,17). The maximum atomic E-state index is 4.39. The van der Waals surface area contributed by atoms with Gasteiger partial charge in [-0.3, -0.25) is 0 Å². The normalized spacial score (nSPS) is 12.2. The number of nitrogens with one attached hydrogen (secondary N) is 2. The summed E-state index contributed by atoms with van der Waals surface area (Å²) in [5.41, 5.74) is 0. The summed E-state index contributed by atoms with van der Waals surface area (Å²) in [6.07, 6.45) is 1.01. The lowest BCUT2D eigenvalue weighted by atomic mass is 10.2. The van der Waals surface area contributed by atoms with Crippen LogP contribution in [0.5, 0.6) is 0 Å². The van der Waals surface area contributed by atoms with Gasteiger partial charge < -0.3 is 10.6 Å². The summed E-state index contributed by atoms with van der Waals surface area (Å²) >= 11 is 1.79. The quantitative estimate of drug-likeness (QED) is 0.870. The van der Waals surface area contributed by atoms with Crippen LogP contribution in [0.25, 0.3) is 0 Å². The van der Waals surface area contributed by atoms with Gasteiger partial charge in [-0.15, -0.1) is 11.3 Å². The smallest absolute Gasteiger partial charge is 0.132 e. The molecule has 0 saturated carbocycles. The van der Waals surface area contributed by atoms with Gasteiger partial charge in [0, 0.05) is 30.5 Å². The van der Waals surface area contributed by atoms with Gasteiger partial charge in [-0.2, -0.15) is 0 Å². The summed E-state index contributed by atoms with van der Waals surface area (Å²) in [5, 5.41) is 8.56. The third-order valence-corrected chi connectivity index (χ3v) is 3.47. The molecule has 5 heteroatoms. The molecule has 0 aromatic carbocycles. The molecular formula is C13H18N4S. The Balaban J connectivity index is 2.02. The molecule has 96 valence electrons. The van der Waals surface area contributed by atoms with Crippen LogP contribution in [0, 0.1) is 6.92 Å². The van der Waals surface area contributed by atoms with Gasteiger partial charge in [0.05, 0.1) is 0 Å². The van der Waals surface area contributed by atoms with E-state index in [0.717, 1.165) is 23.9 Å². The lowest BCUT2D eigenvalue weighted by Crippen LogP contribution is -2.19. The second-order valence-electron chi connectivity index (χ2n) is 4.26. The van der Waals surface area contributed by atoms with Crippen LogP contribution in [-0.2, 0) is 6.42 Å². The minimum absolute atomic E-state index is 0.350. The topological polar surface area (TPSA) is 49.8 Å². The lowest BCUT2D eigenvalue weighted by molar-refractivity contribution is 0.791. The van der Waals surface area contributed by atoms with Gasteiger partial charge in [-0.05, 0) is 25.3 Å². The van der Waals surface area contributed by atoms with Gasteiger partial charge in [0.25, 0.3) is 0 Å². The van der Waals surface area contributed by atoms with Crippen molar-refractivity contribution in [2.24, 2.45) is 0 Å². The first-order valence-electron chi connectivity index (χ1n) is 5.99. The Morgan fingerprint density at radius 2 is 2.11 bits per heavy atom. The highest BCUT2D eigenvalue weighted by Gasteiger charge is 2.07. The van der Waals surface area contributed by atoms with Gasteiger partial charge >= 0.3 is 0 Å². The number of rotatable bonds is 5. The first-order valence-corrected chi connectivity index (χ1v) is 6.87. The number of aryl methyl sites for hydroxylation is 1. The summed E-state index contributed by atoms with van der Waals surface area (Å²) in [6.45, 7) is 4.06. The molecule has 0 radical (unpaired) electrons. The van der Waals surface area contributed by atoms with Crippen molar-refractivity contribution >= 4 is 23.0 Å². The number of hydrogen-bond donors (Lipinski definition) is 2. The van der Waals surface area contributed by atoms with Crippen LogP contribution in [0.4, 0.5) is 11.6 Å². The second kappa shape index (κ2) is 5.82. The van der Waals surface area contributed by atoms with Crippen LogP contribution in [0.15, 0.2) is 23.6 Å². The molecule has 18 heavy (non-hydrogen) atoms. The van der Waals surface area contributed by atoms with Crippen molar-refractivity contribution in [2.45, 2.75) is 26.3 Å². The molecule has 0 aliphatic heterocycles. The Morgan fingerprint density at radius 3 is 2.78 bits per heavy atom. The predicted octanol–water partition coefficient (Wildman–Crippen LogP) is 2.93. The van der Waals surface area contributed by atoms with E-state index >= 15 is 0 Å². The molecule has 0 bridgehead atoms. The van der Waals surface area contributed by atoms with Crippen molar-refractivity contribution in [1.29, 1.82) is 0 Å². The molecular weight excluding hydrogens is 244 g/mol. The average Bonchev–Trinajstić information content (AvgIpc) is 2.80. The molecule has 0 aliphatic carbocycles. The summed E-state index contributed by atoms with van der Waals surface area (Å²) in [4.78, 5) is 10.1. The maximum Gasteiger partial charge on any atom is 0.132 e. The molecule has 0 amide bonds. The van der Waals surface area contributed by atoms with Crippen LogP contribution < -0.4 is 10.6 Å². The fourth-order valence-electron chi connectivity index (χ4n) is 1.80. The van der Waals surface area contributed by atoms with Crippen LogP contribution in [-0.4, -0.2) is 23.1 Å². The van der Waals surface area contributed by atoms with E-state index in [-0.39, 0.29) is 0 Å². The van der Waals surface area contributed by atoms with Crippen LogP contribution >= 0.6 is 11.3 Å². The third kappa shape index (κ3) is 3.43. The summed E-state index contributed by atoms with van der Waals surface area (Å²) < 4.78 is 0. The summed E-state index contributed by atoms with van der Waals surface area (Å²) in [7, 11) is 1.86. The fraction of sp³-hybridized carbons (Fsp3) is 0.385. The Labute approximate surface area is 111 Å². The zero-order chi connectivity index (χ0) is 13.0. The van der Waals surface area contributed by atoms with Crippen LogP contribution in [0.3, 0.4) is 0 Å². The SMILES string of the molecule is CNc1cc(NC(C)Cc2cccs2)nc(C)n1. The van der Waals surface area contributed by atoms with E-state index in [4.69, 9.17) is 0 Å². The van der Waals surface area contributed by atoms with Crippen molar-refractivity contribution in [3.05, 3.63) is 34.3 Å². The second-order valence-corrected chi connectivity index (χ2v) is 5.30. The van der Waals surface area contributed by atoms with E-state index in [2.05, 4.69) is 45.0 Å². The van der Waals surface area contributed by atoms with Gasteiger partial charge in [0.15, 0.2) is 0 Å². The average molecular weight is 262 g/mol. The van der Waals surface area contributed by atoms with E-state index in [1.807, 2.05) is 20.0 Å². The molecule has 2 aromatic rings. The molecule has 2 heterocycles. The number of thiophene rings is 1. The van der Waals surface area contributed by atoms with Crippen molar-refractivity contribution in [3.63, 3.8) is 0 Å². The number of hydrogen-bond acceptors (Lipinski definition) is 5. The van der Waals surface area contributed by atoms with Crippen molar-refractivity contribution < 1.29 is 0 Å². The Kier molecular flexibility index (Phi) is 4.15. The van der Waals surface area contributed by atoms with Crippen LogP contribution in [0.2, 0.25) is 0 Å². The Bertz CT molecular complexity index is 496. The molecule has 2 rings (SSSR count). The molecule has 1 unspecified atom stereocenters. The Morgan fingerprint density at radius 1 is 1.33 bits per heavy atom. The number of nitrogens with zero attached hydrogens (tertiary/aromatic N) is 2. The lowest BCUT2D eigenvalue weighted by Gasteiger charge is -2.14. The van der Waals surface area contributed by atoms with Crippen molar-refractivity contribution in [2.75, 3.05) is 17.7 Å². The largest absolute Gasteiger partial charge is 0.373 e. The summed E-state index contributed by atoms with van der Waals surface area (Å²) in [6, 6.07) is 6.52. The molecule has 2 N–H and O–H groups in total. The fourth-order valence-corrected chi connectivity index (χ4v) is 2.64. The van der Waals surface area contributed by atoms with E-state index in [9.17, 15) is 0 Å². The van der Waals surface area contributed by atoms with Crippen molar-refractivity contribution in [3.8, 4) is 0 Å². The first kappa shape index (κ1) is 12.8. The third-order valence-electron chi connectivity index (χ3n) is 2.58. The molecule has 1 atom stereocenters. The first-order chi connectivity index (χ1) is 8.67. The van der Waals surface area contributed by atoms with Gasteiger partial charge in [-0.1, -0.05) is 6.07 Å². The van der Waals surface area contributed by atoms with Gasteiger partial charge in [0.1, 0.15) is 17.5 Å². The van der Waals surface area contributed by atoms with E-state index < -0.39 is 0 Å². The van der Waals surface area contributed by atoms with E-state index in [0.29, 0.717) is 6.04 Å². The highest BCUT2D eigenvalue weighted by Crippen LogP contribution is 2.15. The molecule has 0 saturated heterocycles. The molecule has 0 fully saturated rings. The Hall–Kier alpha value is -1.62. The zero-order valence-corrected chi connectivity index (χ0v) is 11.7. The van der Waals surface area contributed by atoms with Gasteiger partial charge in [-0.25, -0.2) is 9.97 Å². The molecule has 0 spiro atoms. The molecule has 4 nitrogen and oxygen atoms in total. The monoisotopic (exact) mass is 262 g/mol. The van der Waals surface area contributed by atoms with Gasteiger partial charge in [0.2, 0.25) is 0 Å². The van der Waals surface area contributed by atoms with E-state index in [1.165, 1.54) is 4.88 Å². The molecule has 0 aliphatic rings. The highest BCUT2D eigenvalue weighted by molar-refractivity contribution is 7.09. The van der Waals surface area contributed by atoms with E-state index in [1.54, 1.807) is 11.3 Å². The zero-order valence-electron chi connectivity index (χ0n) is 10.9. The van der Waals surface area contributed by atoms with Crippen molar-refractivity contribution in [1.82, 2.24) is 9.97 Å². The highest BCUT2D eigenvalue weighted by atomic mass is 32.1.